The molecular formula is C50H30S. The van der Waals surface area contributed by atoms with Crippen LogP contribution in [0.3, 0.4) is 0 Å². The zero-order valence-electron chi connectivity index (χ0n) is 27.7. The van der Waals surface area contributed by atoms with E-state index in [1.165, 1.54) is 107 Å². The summed E-state index contributed by atoms with van der Waals surface area (Å²) in [7, 11) is 0. The lowest BCUT2D eigenvalue weighted by Crippen LogP contribution is -1.90. The minimum atomic E-state index is 1.24. The van der Waals surface area contributed by atoms with Gasteiger partial charge >= 0.3 is 0 Å². The molecule has 11 aromatic rings. The van der Waals surface area contributed by atoms with Crippen LogP contribution in [-0.4, -0.2) is 0 Å². The molecule has 0 unspecified atom stereocenters. The van der Waals surface area contributed by atoms with E-state index in [1.54, 1.807) is 0 Å². The van der Waals surface area contributed by atoms with Crippen LogP contribution in [0.5, 0.6) is 0 Å². The minimum Gasteiger partial charge on any atom is -0.134 e. The largest absolute Gasteiger partial charge is 0.134 e. The van der Waals surface area contributed by atoms with E-state index < -0.39 is 0 Å². The van der Waals surface area contributed by atoms with Gasteiger partial charge in [0.1, 0.15) is 0 Å². The van der Waals surface area contributed by atoms with Crippen molar-refractivity contribution in [1.29, 1.82) is 0 Å². The maximum absolute atomic E-state index is 2.37. The SMILES string of the molecule is c1ccc(-c2c3ccccc3c(-c3ccc4cc(-c5ccc6c(ccc7c8ccc9ccccc9c8sc67)c5)ccc4c3)c3ccccc23)cc1. The molecular weight excluding hydrogens is 633 g/mol. The maximum Gasteiger partial charge on any atom is 0.0434 e. The Bertz CT molecular complexity index is 3130. The fraction of sp³-hybridized carbons (Fsp3) is 0. The van der Waals surface area contributed by atoms with Crippen LogP contribution in [0, 0.1) is 0 Å². The Kier molecular flexibility index (Phi) is 6.22. The summed E-state index contributed by atoms with van der Waals surface area (Å²) >= 11 is 1.92. The summed E-state index contributed by atoms with van der Waals surface area (Å²) in [4.78, 5) is 0. The van der Waals surface area contributed by atoms with Gasteiger partial charge in [0.2, 0.25) is 0 Å². The van der Waals surface area contributed by atoms with Gasteiger partial charge in [-0.25, -0.2) is 0 Å². The first-order valence-electron chi connectivity index (χ1n) is 17.6. The van der Waals surface area contributed by atoms with Crippen LogP contribution in [0.25, 0.3) is 107 Å². The van der Waals surface area contributed by atoms with E-state index in [0.717, 1.165) is 0 Å². The second kappa shape index (κ2) is 11.1. The Morgan fingerprint density at radius 3 is 1.29 bits per heavy atom. The fourth-order valence-electron chi connectivity index (χ4n) is 8.41. The number of hydrogen-bond acceptors (Lipinski definition) is 1. The van der Waals surface area contributed by atoms with E-state index in [2.05, 4.69) is 182 Å². The molecule has 0 nitrogen and oxygen atoms in total. The number of rotatable bonds is 3. The lowest BCUT2D eigenvalue weighted by Gasteiger charge is -2.18. The van der Waals surface area contributed by atoms with Crippen molar-refractivity contribution in [2.24, 2.45) is 0 Å². The van der Waals surface area contributed by atoms with E-state index in [4.69, 9.17) is 0 Å². The zero-order valence-corrected chi connectivity index (χ0v) is 28.5. The van der Waals surface area contributed by atoms with Gasteiger partial charge in [-0.2, -0.15) is 0 Å². The predicted molar refractivity (Wildman–Crippen MR) is 223 cm³/mol. The van der Waals surface area contributed by atoms with Gasteiger partial charge in [-0.05, 0) is 105 Å². The summed E-state index contributed by atoms with van der Waals surface area (Å²) < 4.78 is 2.75. The molecule has 0 fully saturated rings. The van der Waals surface area contributed by atoms with Gasteiger partial charge in [0, 0.05) is 20.2 Å². The Morgan fingerprint density at radius 2 is 0.647 bits per heavy atom. The van der Waals surface area contributed by atoms with Gasteiger partial charge in [0.15, 0.2) is 0 Å². The topological polar surface area (TPSA) is 0 Å². The Balaban J connectivity index is 1.03. The molecule has 0 aliphatic carbocycles. The summed E-state index contributed by atoms with van der Waals surface area (Å²) in [5.74, 6) is 0. The van der Waals surface area contributed by atoms with Crippen molar-refractivity contribution in [2.45, 2.75) is 0 Å². The molecule has 0 aliphatic rings. The molecule has 0 bridgehead atoms. The molecule has 1 heteroatoms. The number of hydrogen-bond donors (Lipinski definition) is 0. The summed E-state index contributed by atoms with van der Waals surface area (Å²) in [5.41, 5.74) is 7.57. The van der Waals surface area contributed by atoms with Crippen LogP contribution < -0.4 is 0 Å². The van der Waals surface area contributed by atoms with Gasteiger partial charge in [0.05, 0.1) is 0 Å². The average Bonchev–Trinajstić information content (AvgIpc) is 3.59. The third-order valence-electron chi connectivity index (χ3n) is 10.8. The molecule has 0 saturated carbocycles. The predicted octanol–water partition coefficient (Wildman–Crippen LogP) is 14.8. The van der Waals surface area contributed by atoms with Crippen LogP contribution in [0.1, 0.15) is 0 Å². The van der Waals surface area contributed by atoms with Gasteiger partial charge in [-0.15, -0.1) is 11.3 Å². The first-order chi connectivity index (χ1) is 25.3. The smallest absolute Gasteiger partial charge is 0.0434 e. The van der Waals surface area contributed by atoms with Gasteiger partial charge in [-0.1, -0.05) is 164 Å². The first-order valence-corrected chi connectivity index (χ1v) is 18.4. The molecule has 0 radical (unpaired) electrons. The molecule has 0 spiro atoms. The fourth-order valence-corrected chi connectivity index (χ4v) is 9.78. The lowest BCUT2D eigenvalue weighted by atomic mass is 9.85. The molecule has 11 rings (SSSR count). The van der Waals surface area contributed by atoms with Crippen molar-refractivity contribution in [3.05, 3.63) is 182 Å². The summed E-state index contributed by atoms with van der Waals surface area (Å²) in [6.07, 6.45) is 0. The highest BCUT2D eigenvalue weighted by molar-refractivity contribution is 7.27. The minimum absolute atomic E-state index is 1.24. The van der Waals surface area contributed by atoms with Crippen molar-refractivity contribution in [3.63, 3.8) is 0 Å². The monoisotopic (exact) mass is 662 g/mol. The van der Waals surface area contributed by atoms with Crippen molar-refractivity contribution in [1.82, 2.24) is 0 Å². The molecule has 0 amide bonds. The van der Waals surface area contributed by atoms with Gasteiger partial charge in [0.25, 0.3) is 0 Å². The third kappa shape index (κ3) is 4.39. The quantitative estimate of drug-likeness (QED) is 0.165. The molecule has 236 valence electrons. The molecule has 0 N–H and O–H groups in total. The van der Waals surface area contributed by atoms with E-state index in [9.17, 15) is 0 Å². The van der Waals surface area contributed by atoms with E-state index in [1.807, 2.05) is 11.3 Å². The first kappa shape index (κ1) is 28.5. The standard InChI is InChI=1S/C50H30S/c1-2-11-32(12-3-1)47-41-14-6-8-16-43(41)48(44-17-9-7-15-42(44)47)38-21-20-34-28-33(18-19-35(34)30-38)36-23-25-40-37(29-36)24-27-46-45-26-22-31-10-4-5-13-39(31)49(45)51-50(40)46/h1-30H. The van der Waals surface area contributed by atoms with E-state index in [-0.39, 0.29) is 0 Å². The average molecular weight is 663 g/mol. The number of benzene rings is 10. The van der Waals surface area contributed by atoms with Crippen LogP contribution in [-0.2, 0) is 0 Å². The molecule has 1 aromatic heterocycles. The van der Waals surface area contributed by atoms with Gasteiger partial charge < -0.3 is 0 Å². The highest BCUT2D eigenvalue weighted by Crippen LogP contribution is 2.45. The van der Waals surface area contributed by atoms with E-state index in [0.29, 0.717) is 0 Å². The maximum atomic E-state index is 2.37. The van der Waals surface area contributed by atoms with Crippen LogP contribution in [0.2, 0.25) is 0 Å². The molecule has 0 aliphatic heterocycles. The number of fused-ring (bicyclic) bond motifs is 10. The number of thiophene rings is 1. The lowest BCUT2D eigenvalue weighted by molar-refractivity contribution is 1.66. The second-order valence-corrected chi connectivity index (χ2v) is 14.6. The Morgan fingerprint density at radius 1 is 0.235 bits per heavy atom. The van der Waals surface area contributed by atoms with Crippen molar-refractivity contribution < 1.29 is 0 Å². The van der Waals surface area contributed by atoms with Crippen LogP contribution in [0.4, 0.5) is 0 Å². The zero-order chi connectivity index (χ0) is 33.5. The highest BCUT2D eigenvalue weighted by Gasteiger charge is 2.17. The van der Waals surface area contributed by atoms with Gasteiger partial charge in [-0.3, -0.25) is 0 Å². The van der Waals surface area contributed by atoms with Crippen LogP contribution in [0.15, 0.2) is 182 Å². The second-order valence-electron chi connectivity index (χ2n) is 13.6. The summed E-state index contributed by atoms with van der Waals surface area (Å²) in [6, 6.07) is 67.4. The van der Waals surface area contributed by atoms with E-state index >= 15 is 0 Å². The molecule has 0 saturated heterocycles. The van der Waals surface area contributed by atoms with Crippen molar-refractivity contribution in [3.8, 4) is 33.4 Å². The normalized spacial score (nSPS) is 11.9. The molecule has 1 heterocycles. The van der Waals surface area contributed by atoms with Crippen molar-refractivity contribution in [2.75, 3.05) is 0 Å². The molecule has 10 aromatic carbocycles. The van der Waals surface area contributed by atoms with Crippen molar-refractivity contribution >= 4 is 85.4 Å². The summed E-state index contributed by atoms with van der Waals surface area (Å²) in [6.45, 7) is 0. The van der Waals surface area contributed by atoms with Crippen LogP contribution >= 0.6 is 11.3 Å². The highest BCUT2D eigenvalue weighted by atomic mass is 32.1. The third-order valence-corrected chi connectivity index (χ3v) is 12.1. The molecule has 0 atom stereocenters. The molecule has 51 heavy (non-hydrogen) atoms. The Labute approximate surface area is 299 Å². The summed E-state index contributed by atoms with van der Waals surface area (Å²) in [5, 5.41) is 15.6. The Hall–Kier alpha value is -6.28.